The van der Waals surface area contributed by atoms with Crippen LogP contribution < -0.4 is 5.32 Å². The van der Waals surface area contributed by atoms with Crippen LogP contribution in [-0.4, -0.2) is 13.1 Å². The van der Waals surface area contributed by atoms with Crippen LogP contribution in [0.25, 0.3) is 0 Å². The van der Waals surface area contributed by atoms with Crippen molar-refractivity contribution in [3.8, 4) is 0 Å². The summed E-state index contributed by atoms with van der Waals surface area (Å²) in [5, 5.41) is 3.45. The summed E-state index contributed by atoms with van der Waals surface area (Å²) >= 11 is 0. The van der Waals surface area contributed by atoms with Crippen molar-refractivity contribution >= 4 is 0 Å². The second-order valence-corrected chi connectivity index (χ2v) is 5.31. The molecule has 0 amide bonds. The molecule has 0 aromatic heterocycles. The van der Waals surface area contributed by atoms with Gasteiger partial charge in [0.25, 0.3) is 0 Å². The number of hydrogen-bond donors (Lipinski definition) is 1. The van der Waals surface area contributed by atoms with E-state index < -0.39 is 0 Å². The zero-order valence-electron chi connectivity index (χ0n) is 10.6. The van der Waals surface area contributed by atoms with Crippen LogP contribution in [0.2, 0.25) is 0 Å². The number of nitrogens with one attached hydrogen (secondary N) is 1. The first-order chi connectivity index (χ1) is 6.60. The molecule has 0 radical (unpaired) electrons. The van der Waals surface area contributed by atoms with E-state index in [1.54, 1.807) is 0 Å². The highest BCUT2D eigenvalue weighted by atomic mass is 14.9. The summed E-state index contributed by atoms with van der Waals surface area (Å²) in [6, 6.07) is 0.782. The molecule has 0 spiro atoms. The monoisotopic (exact) mass is 197 g/mol. The van der Waals surface area contributed by atoms with E-state index in [-0.39, 0.29) is 0 Å². The molecule has 0 bridgehead atoms. The Bertz CT molecular complexity index is 178. The molecule has 0 aromatic carbocycles. The predicted octanol–water partition coefficient (Wildman–Crippen LogP) is 3.45. The lowest BCUT2D eigenvalue weighted by Crippen LogP contribution is -2.58. The Morgan fingerprint density at radius 1 is 1.43 bits per heavy atom. The summed E-state index contributed by atoms with van der Waals surface area (Å²) in [6.07, 6.45) is 5.43. The molecule has 0 heterocycles. The maximum Gasteiger partial charge on any atom is 0.0103 e. The van der Waals surface area contributed by atoms with Crippen LogP contribution in [-0.2, 0) is 0 Å². The first-order valence-corrected chi connectivity index (χ1v) is 6.27. The summed E-state index contributed by atoms with van der Waals surface area (Å²) in [5.74, 6) is 1.79. The lowest BCUT2D eigenvalue weighted by atomic mass is 9.51. The van der Waals surface area contributed by atoms with E-state index in [0.29, 0.717) is 5.41 Å². The largest absolute Gasteiger partial charge is 0.317 e. The SMILES string of the molecule is CCCC(C)C1(C)CC(NC)C1CC. The molecular weight excluding hydrogens is 170 g/mol. The number of hydrogen-bond acceptors (Lipinski definition) is 1. The van der Waals surface area contributed by atoms with Gasteiger partial charge in [0.15, 0.2) is 0 Å². The van der Waals surface area contributed by atoms with Gasteiger partial charge in [-0.2, -0.15) is 0 Å². The molecule has 0 aromatic rings. The molecule has 0 saturated heterocycles. The molecule has 1 nitrogen and oxygen atoms in total. The zero-order chi connectivity index (χ0) is 10.8. The Morgan fingerprint density at radius 2 is 2.07 bits per heavy atom. The molecule has 1 heteroatoms. The van der Waals surface area contributed by atoms with Gasteiger partial charge in [-0.3, -0.25) is 0 Å². The fourth-order valence-corrected chi connectivity index (χ4v) is 3.45. The van der Waals surface area contributed by atoms with E-state index in [1.807, 2.05) is 0 Å². The molecule has 1 aliphatic rings. The Morgan fingerprint density at radius 3 is 2.50 bits per heavy atom. The fourth-order valence-electron chi connectivity index (χ4n) is 3.45. The van der Waals surface area contributed by atoms with Crippen LogP contribution in [0.15, 0.2) is 0 Å². The zero-order valence-corrected chi connectivity index (χ0v) is 10.6. The highest BCUT2D eigenvalue weighted by Crippen LogP contribution is 2.54. The molecule has 1 saturated carbocycles. The minimum Gasteiger partial charge on any atom is -0.317 e. The highest BCUT2D eigenvalue weighted by Gasteiger charge is 2.50. The van der Waals surface area contributed by atoms with Crippen molar-refractivity contribution in [1.29, 1.82) is 0 Å². The topological polar surface area (TPSA) is 12.0 Å². The van der Waals surface area contributed by atoms with Gasteiger partial charge >= 0.3 is 0 Å². The third kappa shape index (κ3) is 1.84. The van der Waals surface area contributed by atoms with Crippen molar-refractivity contribution in [3.63, 3.8) is 0 Å². The van der Waals surface area contributed by atoms with Crippen LogP contribution in [0.1, 0.15) is 53.4 Å². The van der Waals surface area contributed by atoms with Gasteiger partial charge in [-0.1, -0.05) is 47.0 Å². The average molecular weight is 197 g/mol. The van der Waals surface area contributed by atoms with Gasteiger partial charge in [0, 0.05) is 6.04 Å². The molecule has 84 valence electrons. The minimum atomic E-state index is 0.610. The summed E-state index contributed by atoms with van der Waals surface area (Å²) in [5.41, 5.74) is 0.610. The lowest BCUT2D eigenvalue weighted by molar-refractivity contribution is -0.0468. The van der Waals surface area contributed by atoms with Crippen LogP contribution in [0.3, 0.4) is 0 Å². The molecule has 4 atom stereocenters. The third-order valence-corrected chi connectivity index (χ3v) is 4.65. The lowest BCUT2D eigenvalue weighted by Gasteiger charge is -2.57. The third-order valence-electron chi connectivity index (χ3n) is 4.65. The molecule has 1 N–H and O–H groups in total. The van der Waals surface area contributed by atoms with Crippen LogP contribution in [0.5, 0.6) is 0 Å². The Labute approximate surface area is 89.7 Å². The first kappa shape index (κ1) is 12.0. The maximum absolute atomic E-state index is 3.45. The van der Waals surface area contributed by atoms with E-state index in [4.69, 9.17) is 0 Å². The van der Waals surface area contributed by atoms with Gasteiger partial charge in [-0.15, -0.1) is 0 Å². The van der Waals surface area contributed by atoms with Crippen molar-refractivity contribution in [2.45, 2.75) is 59.4 Å². The van der Waals surface area contributed by atoms with Gasteiger partial charge in [0.1, 0.15) is 0 Å². The molecule has 1 aliphatic carbocycles. The Balaban J connectivity index is 2.58. The van der Waals surface area contributed by atoms with Crippen LogP contribution in [0, 0.1) is 17.3 Å². The standard InChI is InChI=1S/C13H27N/c1-6-8-10(3)13(4)9-12(14-5)11(13)7-2/h10-12,14H,6-9H2,1-5H3. The van der Waals surface area contributed by atoms with Gasteiger partial charge in [-0.05, 0) is 30.7 Å². The van der Waals surface area contributed by atoms with Crippen LogP contribution in [0.4, 0.5) is 0 Å². The average Bonchev–Trinajstić information content (AvgIpc) is 2.14. The summed E-state index contributed by atoms with van der Waals surface area (Å²) in [7, 11) is 2.11. The quantitative estimate of drug-likeness (QED) is 0.712. The molecule has 1 fully saturated rings. The van der Waals surface area contributed by atoms with Gasteiger partial charge in [0.05, 0.1) is 0 Å². The molecule has 0 aliphatic heterocycles. The Kier molecular flexibility index (Phi) is 4.00. The molecular formula is C13H27N. The molecule has 14 heavy (non-hydrogen) atoms. The first-order valence-electron chi connectivity index (χ1n) is 6.27. The molecule has 1 rings (SSSR count). The van der Waals surface area contributed by atoms with Gasteiger partial charge in [-0.25, -0.2) is 0 Å². The molecule has 4 unspecified atom stereocenters. The van der Waals surface area contributed by atoms with E-state index in [2.05, 4.69) is 40.1 Å². The smallest absolute Gasteiger partial charge is 0.0103 e. The van der Waals surface area contributed by atoms with Gasteiger partial charge < -0.3 is 5.32 Å². The van der Waals surface area contributed by atoms with E-state index in [1.165, 1.54) is 25.7 Å². The maximum atomic E-state index is 3.45. The van der Waals surface area contributed by atoms with Gasteiger partial charge in [0.2, 0.25) is 0 Å². The summed E-state index contributed by atoms with van der Waals surface area (Å²) < 4.78 is 0. The second-order valence-electron chi connectivity index (χ2n) is 5.31. The Hall–Kier alpha value is -0.0400. The number of rotatable bonds is 5. The summed E-state index contributed by atoms with van der Waals surface area (Å²) in [4.78, 5) is 0. The van der Waals surface area contributed by atoms with Crippen molar-refractivity contribution in [2.75, 3.05) is 7.05 Å². The normalized spacial score (nSPS) is 39.2. The van der Waals surface area contributed by atoms with E-state index in [0.717, 1.165) is 17.9 Å². The predicted molar refractivity (Wildman–Crippen MR) is 63.4 cm³/mol. The van der Waals surface area contributed by atoms with Crippen molar-refractivity contribution in [2.24, 2.45) is 17.3 Å². The van der Waals surface area contributed by atoms with Crippen molar-refractivity contribution in [1.82, 2.24) is 5.32 Å². The van der Waals surface area contributed by atoms with Crippen LogP contribution >= 0.6 is 0 Å². The summed E-state index contributed by atoms with van der Waals surface area (Å²) in [6.45, 7) is 9.58. The highest BCUT2D eigenvalue weighted by molar-refractivity contribution is 5.03. The van der Waals surface area contributed by atoms with E-state index in [9.17, 15) is 0 Å². The fraction of sp³-hybridized carbons (Fsp3) is 1.00. The van der Waals surface area contributed by atoms with E-state index >= 15 is 0 Å². The van der Waals surface area contributed by atoms with Crippen molar-refractivity contribution in [3.05, 3.63) is 0 Å². The van der Waals surface area contributed by atoms with Crippen molar-refractivity contribution < 1.29 is 0 Å². The second kappa shape index (κ2) is 4.65. The minimum absolute atomic E-state index is 0.610.